The van der Waals surface area contributed by atoms with Crippen molar-refractivity contribution in [2.75, 3.05) is 0 Å². The van der Waals surface area contributed by atoms with Crippen LogP contribution < -0.4 is 11.1 Å². The Morgan fingerprint density at radius 1 is 1.29 bits per heavy atom. The maximum atomic E-state index is 13.3. The van der Waals surface area contributed by atoms with Gasteiger partial charge in [-0.05, 0) is 49.7 Å². The lowest BCUT2D eigenvalue weighted by molar-refractivity contribution is -0.141. The van der Waals surface area contributed by atoms with E-state index in [0.717, 1.165) is 10.7 Å². The molecule has 0 spiro atoms. The molecule has 3 rings (SSSR count). The number of carbonyl (C=O) groups excluding carboxylic acids is 1. The van der Waals surface area contributed by atoms with Crippen molar-refractivity contribution in [1.29, 1.82) is 0 Å². The summed E-state index contributed by atoms with van der Waals surface area (Å²) in [6, 6.07) is 9.98. The van der Waals surface area contributed by atoms with Crippen LogP contribution in [0.3, 0.4) is 0 Å². The van der Waals surface area contributed by atoms with Crippen molar-refractivity contribution >= 4 is 28.9 Å². The molecule has 0 radical (unpaired) electrons. The van der Waals surface area contributed by atoms with Crippen LogP contribution in [0.5, 0.6) is 0 Å². The van der Waals surface area contributed by atoms with Crippen molar-refractivity contribution in [3.8, 4) is 5.69 Å². The van der Waals surface area contributed by atoms with Gasteiger partial charge in [0, 0.05) is 11.2 Å². The van der Waals surface area contributed by atoms with Crippen LogP contribution in [0, 0.1) is 0 Å². The first-order chi connectivity index (χ1) is 16.3. The molecule has 0 fully saturated rings. The molecule has 1 aromatic carbocycles. The number of hydrogen-bond acceptors (Lipinski definition) is 6. The molecular weight excluding hydrogens is 511 g/mol. The van der Waals surface area contributed by atoms with E-state index in [-0.39, 0.29) is 17.9 Å². The predicted octanol–water partition coefficient (Wildman–Crippen LogP) is 3.64. The van der Waals surface area contributed by atoms with E-state index in [4.69, 9.17) is 26.1 Å². The molecule has 2 aromatic heterocycles. The smallest absolute Gasteiger partial charge is 0.350 e. The van der Waals surface area contributed by atoms with E-state index in [1.54, 1.807) is 31.2 Å². The number of benzene rings is 1. The van der Waals surface area contributed by atoms with Crippen LogP contribution in [0.15, 0.2) is 48.7 Å². The van der Waals surface area contributed by atoms with Crippen molar-refractivity contribution < 1.29 is 30.9 Å². The number of rotatable bonds is 8. The van der Waals surface area contributed by atoms with Crippen LogP contribution in [-0.4, -0.2) is 29.4 Å². The van der Waals surface area contributed by atoms with Crippen LogP contribution in [0.25, 0.3) is 5.69 Å². The minimum Gasteiger partial charge on any atom is -0.350 e. The van der Waals surface area contributed by atoms with Crippen molar-refractivity contribution in [2.24, 2.45) is 5.73 Å². The molecule has 4 N–H and O–H groups in total. The average Bonchev–Trinajstić information content (AvgIpc) is 3.21. The van der Waals surface area contributed by atoms with Crippen molar-refractivity contribution in [1.82, 2.24) is 20.1 Å². The predicted molar refractivity (Wildman–Crippen MR) is 121 cm³/mol. The highest BCUT2D eigenvalue weighted by atomic mass is 35.5. The maximum Gasteiger partial charge on any atom is 0.435 e. The Hall–Kier alpha value is -2.84. The second kappa shape index (κ2) is 10.4. The zero-order chi connectivity index (χ0) is 26.0. The van der Waals surface area contributed by atoms with E-state index < -0.39 is 40.8 Å². The quantitative estimate of drug-likeness (QED) is 0.298. The Kier molecular flexibility index (Phi) is 7.97. The fraction of sp³-hybridized carbons (Fsp3) is 0.286. The first kappa shape index (κ1) is 26.8. The molecule has 188 valence electrons. The van der Waals surface area contributed by atoms with E-state index >= 15 is 0 Å². The fourth-order valence-corrected chi connectivity index (χ4v) is 3.71. The van der Waals surface area contributed by atoms with Crippen LogP contribution >= 0.6 is 11.6 Å². The summed E-state index contributed by atoms with van der Waals surface area (Å²) in [5.74, 6) is -1.20. The van der Waals surface area contributed by atoms with Crippen molar-refractivity contribution in [3.05, 3.63) is 76.3 Å². The number of carbonyl (C=O) groups is 1. The Bertz CT molecular complexity index is 1230. The summed E-state index contributed by atoms with van der Waals surface area (Å²) < 4.78 is 65.3. The topological polar surface area (TPSA) is 132 Å². The first-order valence-corrected chi connectivity index (χ1v) is 11.4. The zero-order valence-corrected chi connectivity index (χ0v) is 20.0. The van der Waals surface area contributed by atoms with E-state index in [1.807, 2.05) is 0 Å². The molecular formula is C21H21ClF3N5O4S. The number of nitrogens with one attached hydrogen (secondary N) is 1. The SMILES string of the molecule is CC(C(=O)NCc1cc(C(F)(F)F)nn1-c1cccc(Cl)c1)c1ccc(C(C)(N)OS(=O)O)nc1. The maximum absolute atomic E-state index is 13.3. The molecule has 0 aliphatic rings. The average molecular weight is 532 g/mol. The number of nitrogens with two attached hydrogens (primary N) is 1. The number of pyridine rings is 1. The lowest BCUT2D eigenvalue weighted by Gasteiger charge is -2.22. The molecule has 14 heteroatoms. The molecule has 0 saturated carbocycles. The molecule has 0 bridgehead atoms. The number of amides is 1. The van der Waals surface area contributed by atoms with E-state index in [9.17, 15) is 22.2 Å². The number of halogens is 4. The second-order valence-electron chi connectivity index (χ2n) is 7.73. The Morgan fingerprint density at radius 3 is 2.57 bits per heavy atom. The molecule has 0 aliphatic carbocycles. The van der Waals surface area contributed by atoms with Gasteiger partial charge in [0.2, 0.25) is 5.91 Å². The Labute approximate surface area is 205 Å². The summed E-state index contributed by atoms with van der Waals surface area (Å²) >= 11 is 3.35. The van der Waals surface area contributed by atoms with Gasteiger partial charge in [-0.1, -0.05) is 23.7 Å². The van der Waals surface area contributed by atoms with Gasteiger partial charge in [-0.25, -0.2) is 8.86 Å². The molecule has 3 atom stereocenters. The first-order valence-electron chi connectivity index (χ1n) is 10.0. The molecule has 0 saturated heterocycles. The van der Waals surface area contributed by atoms with Gasteiger partial charge in [-0.2, -0.15) is 22.5 Å². The van der Waals surface area contributed by atoms with Gasteiger partial charge in [-0.3, -0.25) is 20.1 Å². The van der Waals surface area contributed by atoms with Gasteiger partial charge < -0.3 is 5.32 Å². The lowest BCUT2D eigenvalue weighted by atomic mass is 10.0. The number of hydrogen-bond donors (Lipinski definition) is 3. The van der Waals surface area contributed by atoms with Gasteiger partial charge in [0.15, 0.2) is 11.4 Å². The monoisotopic (exact) mass is 531 g/mol. The van der Waals surface area contributed by atoms with Crippen LogP contribution in [0.1, 0.15) is 42.4 Å². The molecule has 3 aromatic rings. The van der Waals surface area contributed by atoms with E-state index in [1.165, 1.54) is 25.3 Å². The van der Waals surface area contributed by atoms with Gasteiger partial charge in [-0.15, -0.1) is 0 Å². The van der Waals surface area contributed by atoms with E-state index in [0.29, 0.717) is 16.3 Å². The molecule has 0 aliphatic heterocycles. The molecule has 2 heterocycles. The highest BCUT2D eigenvalue weighted by molar-refractivity contribution is 7.74. The van der Waals surface area contributed by atoms with Gasteiger partial charge in [0.25, 0.3) is 0 Å². The number of nitrogens with zero attached hydrogens (tertiary/aromatic N) is 3. The summed E-state index contributed by atoms with van der Waals surface area (Å²) in [5, 5.41) is 6.56. The van der Waals surface area contributed by atoms with Crippen molar-refractivity contribution in [2.45, 2.75) is 38.2 Å². The molecule has 3 unspecified atom stereocenters. The van der Waals surface area contributed by atoms with E-state index in [2.05, 4.69) is 15.4 Å². The third-order valence-electron chi connectivity index (χ3n) is 5.00. The lowest BCUT2D eigenvalue weighted by Crippen LogP contribution is -2.37. The number of alkyl halides is 3. The third kappa shape index (κ3) is 6.64. The van der Waals surface area contributed by atoms with Crippen LogP contribution in [0.4, 0.5) is 13.2 Å². The zero-order valence-electron chi connectivity index (χ0n) is 18.4. The molecule has 1 amide bonds. The Morgan fingerprint density at radius 2 is 2.00 bits per heavy atom. The fourth-order valence-electron chi connectivity index (χ4n) is 3.14. The summed E-state index contributed by atoms with van der Waals surface area (Å²) in [6.07, 6.45) is -3.32. The number of aromatic nitrogens is 3. The summed E-state index contributed by atoms with van der Waals surface area (Å²) in [5.41, 5.74) is 4.12. The highest BCUT2D eigenvalue weighted by Crippen LogP contribution is 2.30. The standard InChI is InChI=1S/C21H21ClF3N5O4S/c1-12(13-6-7-17(27-10-13)20(2,26)34-35(32)33)19(31)28-11-16-9-18(21(23,24)25)29-30(16)15-5-3-4-14(22)8-15/h3-10,12H,11,26H2,1-2H3,(H,28,31)(H,32,33). The van der Waals surface area contributed by atoms with Crippen molar-refractivity contribution in [3.63, 3.8) is 0 Å². The van der Waals surface area contributed by atoms with Gasteiger partial charge in [0.05, 0.1) is 29.5 Å². The molecule has 9 nitrogen and oxygen atoms in total. The summed E-state index contributed by atoms with van der Waals surface area (Å²) in [7, 11) is 0. The largest absolute Gasteiger partial charge is 0.435 e. The minimum absolute atomic E-state index is 0.0988. The third-order valence-corrected chi connectivity index (χ3v) is 5.73. The normalized spacial score (nSPS) is 15.3. The second-order valence-corrected chi connectivity index (χ2v) is 8.77. The summed E-state index contributed by atoms with van der Waals surface area (Å²) in [6.45, 7) is 2.70. The van der Waals surface area contributed by atoms with Gasteiger partial charge >= 0.3 is 17.5 Å². The Balaban J connectivity index is 1.76. The summed E-state index contributed by atoms with van der Waals surface area (Å²) in [4.78, 5) is 16.8. The minimum atomic E-state index is -4.67. The van der Waals surface area contributed by atoms with Crippen LogP contribution in [0.2, 0.25) is 5.02 Å². The van der Waals surface area contributed by atoms with Crippen LogP contribution in [-0.2, 0) is 38.8 Å². The van der Waals surface area contributed by atoms with Gasteiger partial charge in [0.1, 0.15) is 0 Å². The highest BCUT2D eigenvalue weighted by Gasteiger charge is 2.35. The molecule has 35 heavy (non-hydrogen) atoms.